The fourth-order valence-electron chi connectivity index (χ4n) is 3.30. The number of furan rings is 1. The highest BCUT2D eigenvalue weighted by molar-refractivity contribution is 5.95. The van der Waals surface area contributed by atoms with Gasteiger partial charge in [0.05, 0.1) is 11.8 Å². The van der Waals surface area contributed by atoms with Crippen molar-refractivity contribution in [2.45, 2.75) is 32.6 Å². The lowest BCUT2D eigenvalue weighted by atomic mass is 9.95. The topological polar surface area (TPSA) is 53.8 Å². The molecule has 3 rings (SSSR count). The predicted molar refractivity (Wildman–Crippen MR) is 77.9 cm³/mol. The maximum Gasteiger partial charge on any atom is 0.257 e. The summed E-state index contributed by atoms with van der Waals surface area (Å²) in [6.45, 7) is 4.94. The van der Waals surface area contributed by atoms with Crippen LogP contribution in [-0.4, -0.2) is 47.8 Å². The lowest BCUT2D eigenvalue weighted by molar-refractivity contribution is -0.135. The van der Waals surface area contributed by atoms with Gasteiger partial charge in [-0.15, -0.1) is 0 Å². The maximum atomic E-state index is 12.4. The SMILES string of the molecule is Cc1occc1C(=O)N1CCC(C(=O)N2CCCC2)CC1. The molecule has 0 spiro atoms. The molecule has 5 heteroatoms. The zero-order chi connectivity index (χ0) is 14.8. The Bertz CT molecular complexity index is 523. The van der Waals surface area contributed by atoms with Crippen LogP contribution in [0.2, 0.25) is 0 Å². The predicted octanol–water partition coefficient (Wildman–Crippen LogP) is 2.06. The van der Waals surface area contributed by atoms with Gasteiger partial charge in [0.25, 0.3) is 5.91 Å². The van der Waals surface area contributed by atoms with Gasteiger partial charge in [-0.3, -0.25) is 9.59 Å². The van der Waals surface area contributed by atoms with Crippen LogP contribution >= 0.6 is 0 Å². The van der Waals surface area contributed by atoms with Crippen LogP contribution in [0, 0.1) is 12.8 Å². The molecule has 0 aromatic carbocycles. The Labute approximate surface area is 124 Å². The molecular formula is C16H22N2O3. The monoisotopic (exact) mass is 290 g/mol. The molecule has 0 aliphatic carbocycles. The largest absolute Gasteiger partial charge is 0.469 e. The molecule has 5 nitrogen and oxygen atoms in total. The summed E-state index contributed by atoms with van der Waals surface area (Å²) in [4.78, 5) is 28.6. The van der Waals surface area contributed by atoms with Gasteiger partial charge >= 0.3 is 0 Å². The highest BCUT2D eigenvalue weighted by atomic mass is 16.3. The summed E-state index contributed by atoms with van der Waals surface area (Å²) >= 11 is 0. The number of carbonyl (C=O) groups is 2. The third kappa shape index (κ3) is 2.82. The Kier molecular flexibility index (Phi) is 3.99. The standard InChI is InChI=1S/C16H22N2O3/c1-12-14(6-11-21-12)16(20)18-9-4-13(5-10-18)15(19)17-7-2-3-8-17/h6,11,13H,2-5,7-10H2,1H3. The number of nitrogens with zero attached hydrogens (tertiary/aromatic N) is 2. The molecule has 2 aliphatic rings. The second-order valence-corrected chi connectivity index (χ2v) is 5.99. The second kappa shape index (κ2) is 5.92. The summed E-state index contributed by atoms with van der Waals surface area (Å²) in [7, 11) is 0. The van der Waals surface area contributed by atoms with E-state index in [-0.39, 0.29) is 11.8 Å². The van der Waals surface area contributed by atoms with E-state index in [1.165, 1.54) is 0 Å². The average molecular weight is 290 g/mol. The first-order valence-corrected chi connectivity index (χ1v) is 7.79. The van der Waals surface area contributed by atoms with Crippen LogP contribution in [0.25, 0.3) is 0 Å². The van der Waals surface area contributed by atoms with Gasteiger partial charge in [0.15, 0.2) is 0 Å². The smallest absolute Gasteiger partial charge is 0.257 e. The lowest BCUT2D eigenvalue weighted by Crippen LogP contribution is -2.43. The molecule has 1 aromatic heterocycles. The summed E-state index contributed by atoms with van der Waals surface area (Å²) in [6, 6.07) is 1.72. The maximum absolute atomic E-state index is 12.4. The van der Waals surface area contributed by atoms with Gasteiger partial charge in [-0.1, -0.05) is 0 Å². The first-order chi connectivity index (χ1) is 10.2. The third-order valence-corrected chi connectivity index (χ3v) is 4.64. The van der Waals surface area contributed by atoms with Crippen LogP contribution in [0.15, 0.2) is 16.7 Å². The zero-order valence-electron chi connectivity index (χ0n) is 12.5. The van der Waals surface area contributed by atoms with Crippen LogP contribution in [0.4, 0.5) is 0 Å². The van der Waals surface area contributed by atoms with E-state index in [2.05, 4.69) is 0 Å². The molecule has 2 amide bonds. The van der Waals surface area contributed by atoms with Crippen molar-refractivity contribution in [2.75, 3.05) is 26.2 Å². The van der Waals surface area contributed by atoms with Crippen LogP contribution < -0.4 is 0 Å². The molecule has 0 saturated carbocycles. The molecule has 2 fully saturated rings. The molecule has 114 valence electrons. The Morgan fingerprint density at radius 2 is 1.76 bits per heavy atom. The fourth-order valence-corrected chi connectivity index (χ4v) is 3.30. The Morgan fingerprint density at radius 1 is 1.10 bits per heavy atom. The van der Waals surface area contributed by atoms with Gasteiger partial charge in [-0.05, 0) is 38.7 Å². The van der Waals surface area contributed by atoms with Crippen molar-refractivity contribution in [1.29, 1.82) is 0 Å². The van der Waals surface area contributed by atoms with Crippen LogP contribution in [-0.2, 0) is 4.79 Å². The van der Waals surface area contributed by atoms with E-state index < -0.39 is 0 Å². The Balaban J connectivity index is 1.56. The van der Waals surface area contributed by atoms with Crippen molar-refractivity contribution in [3.8, 4) is 0 Å². The lowest BCUT2D eigenvalue weighted by Gasteiger charge is -2.33. The number of carbonyl (C=O) groups excluding carboxylic acids is 2. The molecule has 0 unspecified atom stereocenters. The summed E-state index contributed by atoms with van der Waals surface area (Å²) in [6.07, 6.45) is 5.35. The molecule has 3 heterocycles. The van der Waals surface area contributed by atoms with Gasteiger partial charge in [-0.2, -0.15) is 0 Å². The van der Waals surface area contributed by atoms with Crippen LogP contribution in [0.5, 0.6) is 0 Å². The Hall–Kier alpha value is -1.78. The number of amides is 2. The van der Waals surface area contributed by atoms with E-state index >= 15 is 0 Å². The molecule has 0 N–H and O–H groups in total. The summed E-state index contributed by atoms with van der Waals surface area (Å²) < 4.78 is 5.20. The van der Waals surface area contributed by atoms with Gasteiger partial charge < -0.3 is 14.2 Å². The van der Waals surface area contributed by atoms with E-state index in [4.69, 9.17) is 4.42 Å². The first kappa shape index (κ1) is 14.2. The van der Waals surface area contributed by atoms with E-state index in [0.29, 0.717) is 30.3 Å². The second-order valence-electron chi connectivity index (χ2n) is 5.99. The quantitative estimate of drug-likeness (QED) is 0.838. The van der Waals surface area contributed by atoms with E-state index in [1.54, 1.807) is 19.3 Å². The molecule has 0 radical (unpaired) electrons. The number of hydrogen-bond donors (Lipinski definition) is 0. The van der Waals surface area contributed by atoms with Crippen molar-refractivity contribution in [3.05, 3.63) is 23.7 Å². The first-order valence-electron chi connectivity index (χ1n) is 7.79. The Morgan fingerprint density at radius 3 is 2.33 bits per heavy atom. The highest BCUT2D eigenvalue weighted by Crippen LogP contribution is 2.23. The average Bonchev–Trinajstić information content (AvgIpc) is 3.17. The van der Waals surface area contributed by atoms with Gasteiger partial charge in [0.2, 0.25) is 5.91 Å². The van der Waals surface area contributed by atoms with Gasteiger partial charge in [0.1, 0.15) is 5.76 Å². The molecule has 1 aromatic rings. The van der Waals surface area contributed by atoms with Crippen molar-refractivity contribution in [2.24, 2.45) is 5.92 Å². The van der Waals surface area contributed by atoms with Gasteiger partial charge in [-0.25, -0.2) is 0 Å². The number of rotatable bonds is 2. The summed E-state index contributed by atoms with van der Waals surface area (Å²) in [5.74, 6) is 1.07. The number of likely N-dealkylation sites (tertiary alicyclic amines) is 2. The summed E-state index contributed by atoms with van der Waals surface area (Å²) in [5.41, 5.74) is 0.638. The molecule has 21 heavy (non-hydrogen) atoms. The fraction of sp³-hybridized carbons (Fsp3) is 0.625. The minimum Gasteiger partial charge on any atom is -0.469 e. The summed E-state index contributed by atoms with van der Waals surface area (Å²) in [5, 5.41) is 0. The molecule has 0 atom stereocenters. The van der Waals surface area contributed by atoms with Crippen molar-refractivity contribution in [1.82, 2.24) is 9.80 Å². The number of hydrogen-bond acceptors (Lipinski definition) is 3. The van der Waals surface area contributed by atoms with E-state index in [0.717, 1.165) is 38.8 Å². The molecule has 2 aliphatic heterocycles. The molecule has 0 bridgehead atoms. The van der Waals surface area contributed by atoms with Crippen molar-refractivity contribution >= 4 is 11.8 Å². The number of piperidine rings is 1. The van der Waals surface area contributed by atoms with Crippen LogP contribution in [0.3, 0.4) is 0 Å². The molecular weight excluding hydrogens is 268 g/mol. The minimum absolute atomic E-state index is 0.0216. The third-order valence-electron chi connectivity index (χ3n) is 4.64. The van der Waals surface area contributed by atoms with Crippen LogP contribution in [0.1, 0.15) is 41.8 Å². The van der Waals surface area contributed by atoms with E-state index in [1.807, 2.05) is 9.80 Å². The van der Waals surface area contributed by atoms with Crippen molar-refractivity contribution in [3.63, 3.8) is 0 Å². The van der Waals surface area contributed by atoms with Gasteiger partial charge in [0, 0.05) is 32.1 Å². The zero-order valence-corrected chi connectivity index (χ0v) is 12.5. The normalized spacial score (nSPS) is 20.0. The van der Waals surface area contributed by atoms with E-state index in [9.17, 15) is 9.59 Å². The minimum atomic E-state index is 0.0216. The number of aryl methyl sites for hydroxylation is 1. The molecule has 2 saturated heterocycles. The van der Waals surface area contributed by atoms with Crippen molar-refractivity contribution < 1.29 is 14.0 Å². The highest BCUT2D eigenvalue weighted by Gasteiger charge is 2.31.